The molecule has 2 nitrogen and oxygen atoms in total. The molecule has 10 aliphatic rings. The van der Waals surface area contributed by atoms with Crippen LogP contribution in [0.15, 0.2) is 133 Å². The SMILES string of the molecule is c1ccc2c(c1)CCc1ccccc1N2c1ccc2c(C34CC5CC(CC(C5)C3)C4)c3cc(N4c5ccccc5CCc5ccccc54)ccc3c(C34CC5CC(CC(C5)C3)C4)c2c1. The van der Waals surface area contributed by atoms with E-state index in [4.69, 9.17) is 0 Å². The number of fused-ring (bicyclic) bond motifs is 6. The van der Waals surface area contributed by atoms with E-state index in [-0.39, 0.29) is 10.8 Å². The molecule has 2 heterocycles. The molecule has 8 bridgehead atoms. The van der Waals surface area contributed by atoms with Gasteiger partial charge in [-0.2, -0.15) is 0 Å². The number of nitrogens with zero attached hydrogens (tertiary/aromatic N) is 2. The zero-order chi connectivity index (χ0) is 41.7. The van der Waals surface area contributed by atoms with Crippen molar-refractivity contribution in [2.45, 2.75) is 114 Å². The molecule has 64 heavy (non-hydrogen) atoms. The summed E-state index contributed by atoms with van der Waals surface area (Å²) in [4.78, 5) is 5.32. The largest absolute Gasteiger partial charge is 0.310 e. The van der Waals surface area contributed by atoms with E-state index < -0.39 is 0 Å². The van der Waals surface area contributed by atoms with Crippen molar-refractivity contribution >= 4 is 55.7 Å². The smallest absolute Gasteiger partial charge is 0.0493 e. The van der Waals surface area contributed by atoms with Crippen molar-refractivity contribution in [2.24, 2.45) is 35.5 Å². The zero-order valence-corrected chi connectivity index (χ0v) is 37.4. The van der Waals surface area contributed by atoms with Gasteiger partial charge in [0.05, 0.1) is 0 Å². The fourth-order valence-electron chi connectivity index (χ4n) is 17.6. The Labute approximate surface area is 379 Å². The Hall–Kier alpha value is -5.34. The van der Waals surface area contributed by atoms with Crippen molar-refractivity contribution in [3.05, 3.63) is 167 Å². The second kappa shape index (κ2) is 13.6. The average Bonchev–Trinajstić information content (AvgIpc) is 3.58. The Morgan fingerprint density at radius 3 is 0.891 bits per heavy atom. The van der Waals surface area contributed by atoms with Gasteiger partial charge in [-0.3, -0.25) is 0 Å². The van der Waals surface area contributed by atoms with Crippen LogP contribution in [0.3, 0.4) is 0 Å². The van der Waals surface area contributed by atoms with Gasteiger partial charge >= 0.3 is 0 Å². The lowest BCUT2D eigenvalue weighted by atomic mass is 9.46. The molecular weight excluding hydrogens is 773 g/mol. The minimum absolute atomic E-state index is 0.224. The van der Waals surface area contributed by atoms with Gasteiger partial charge in [0, 0.05) is 34.1 Å². The van der Waals surface area contributed by atoms with Gasteiger partial charge in [0.1, 0.15) is 0 Å². The van der Waals surface area contributed by atoms with Gasteiger partial charge in [0.2, 0.25) is 0 Å². The van der Waals surface area contributed by atoms with Crippen molar-refractivity contribution in [3.8, 4) is 0 Å². The van der Waals surface area contributed by atoms with Gasteiger partial charge in [-0.25, -0.2) is 0 Å². The molecule has 8 aliphatic carbocycles. The van der Waals surface area contributed by atoms with E-state index in [0.717, 1.165) is 61.2 Å². The molecule has 0 spiro atoms. The number of para-hydroxylation sites is 4. The highest BCUT2D eigenvalue weighted by atomic mass is 15.2. The lowest BCUT2D eigenvalue weighted by molar-refractivity contribution is -0.00493. The molecule has 2 aliphatic heterocycles. The second-order valence-corrected chi connectivity index (χ2v) is 22.8. The maximum atomic E-state index is 2.75. The van der Waals surface area contributed by atoms with E-state index in [9.17, 15) is 0 Å². The average molecular weight is 833 g/mol. The predicted molar refractivity (Wildman–Crippen MR) is 265 cm³/mol. The predicted octanol–water partition coefficient (Wildman–Crippen LogP) is 16.1. The zero-order valence-electron chi connectivity index (χ0n) is 37.4. The number of hydrogen-bond acceptors (Lipinski definition) is 2. The lowest BCUT2D eigenvalue weighted by Crippen LogP contribution is -2.49. The van der Waals surface area contributed by atoms with Gasteiger partial charge in [0.15, 0.2) is 0 Å². The normalized spacial score (nSPS) is 30.5. The van der Waals surface area contributed by atoms with Gasteiger partial charge in [-0.05, 0) is 253 Å². The summed E-state index contributed by atoms with van der Waals surface area (Å²) in [6.45, 7) is 0. The van der Waals surface area contributed by atoms with Crippen molar-refractivity contribution < 1.29 is 0 Å². The van der Waals surface area contributed by atoms with Gasteiger partial charge in [-0.15, -0.1) is 0 Å². The molecule has 0 saturated heterocycles. The Morgan fingerprint density at radius 2 is 0.594 bits per heavy atom. The summed E-state index contributed by atoms with van der Waals surface area (Å²) in [6, 6.07) is 53.1. The van der Waals surface area contributed by atoms with E-state index in [1.807, 2.05) is 0 Å². The first-order chi connectivity index (χ1) is 31.5. The molecule has 0 N–H and O–H groups in total. The summed E-state index contributed by atoms with van der Waals surface area (Å²) in [6.07, 6.45) is 21.3. The molecule has 0 atom stereocenters. The van der Waals surface area contributed by atoms with Gasteiger partial charge < -0.3 is 9.80 Å². The van der Waals surface area contributed by atoms with Crippen molar-refractivity contribution in [1.82, 2.24) is 0 Å². The Balaban J connectivity index is 1.05. The molecule has 2 heteroatoms. The molecule has 17 rings (SSSR count). The van der Waals surface area contributed by atoms with E-state index in [0.29, 0.717) is 0 Å². The summed E-state index contributed by atoms with van der Waals surface area (Å²) in [7, 11) is 0. The number of hydrogen-bond donors (Lipinski definition) is 0. The molecule has 0 amide bonds. The monoisotopic (exact) mass is 832 g/mol. The maximum Gasteiger partial charge on any atom is 0.0493 e. The summed E-state index contributed by atoms with van der Waals surface area (Å²) in [5.41, 5.74) is 17.8. The molecule has 0 radical (unpaired) electrons. The van der Waals surface area contributed by atoms with Gasteiger partial charge in [-0.1, -0.05) is 84.9 Å². The highest BCUT2D eigenvalue weighted by molar-refractivity contribution is 6.10. The first-order valence-electron chi connectivity index (χ1n) is 25.5. The highest BCUT2D eigenvalue weighted by Gasteiger charge is 2.55. The van der Waals surface area contributed by atoms with Crippen LogP contribution in [0.25, 0.3) is 21.5 Å². The fourth-order valence-corrected chi connectivity index (χ4v) is 17.6. The quantitative estimate of drug-likeness (QED) is 0.163. The fraction of sp³-hybridized carbons (Fsp3) is 0.387. The summed E-state index contributed by atoms with van der Waals surface area (Å²) in [5.74, 6) is 5.23. The summed E-state index contributed by atoms with van der Waals surface area (Å²) in [5, 5.41) is 6.37. The van der Waals surface area contributed by atoms with E-state index >= 15 is 0 Å². The van der Waals surface area contributed by atoms with Crippen LogP contribution in [0.5, 0.6) is 0 Å². The maximum absolute atomic E-state index is 2.75. The molecule has 0 unspecified atom stereocenters. The lowest BCUT2D eigenvalue weighted by Gasteiger charge is -2.59. The Morgan fingerprint density at radius 1 is 0.312 bits per heavy atom. The Bertz CT molecular complexity index is 2690. The van der Waals surface area contributed by atoms with Crippen LogP contribution in [-0.4, -0.2) is 0 Å². The van der Waals surface area contributed by atoms with E-state index in [2.05, 4.69) is 143 Å². The van der Waals surface area contributed by atoms with Crippen LogP contribution in [-0.2, 0) is 36.5 Å². The highest BCUT2D eigenvalue weighted by Crippen LogP contribution is 2.66. The van der Waals surface area contributed by atoms with Crippen LogP contribution >= 0.6 is 0 Å². The van der Waals surface area contributed by atoms with Crippen LogP contribution in [0.4, 0.5) is 34.1 Å². The molecule has 7 aromatic carbocycles. The first-order valence-corrected chi connectivity index (χ1v) is 25.5. The molecular formula is C62H60N2. The number of benzene rings is 7. The topological polar surface area (TPSA) is 6.48 Å². The van der Waals surface area contributed by atoms with Crippen molar-refractivity contribution in [1.29, 1.82) is 0 Å². The van der Waals surface area contributed by atoms with Crippen molar-refractivity contribution in [2.75, 3.05) is 9.80 Å². The third kappa shape index (κ3) is 5.38. The van der Waals surface area contributed by atoms with Crippen LogP contribution < -0.4 is 9.80 Å². The number of aryl methyl sites for hydroxylation is 4. The minimum Gasteiger partial charge on any atom is -0.310 e. The van der Waals surface area contributed by atoms with Crippen molar-refractivity contribution in [3.63, 3.8) is 0 Å². The summed E-state index contributed by atoms with van der Waals surface area (Å²) >= 11 is 0. The standard InChI is InChI=1S/C62H60N2/c1-5-13-55-45(9-1)17-18-46-10-2-6-14-56(46)63(55)49-21-23-51-53(31-49)59(61-33-39-25-40(34-61)27-41(26-39)35-61)52-24-22-50(32-54(52)60(51)62-36-42-28-43(37-62)30-44(29-42)38-62)64-57-15-7-3-11-47(57)19-20-48-12-4-8-16-58(48)64/h1-16,21-24,31-32,39-44H,17-20,25-30,33-38H2. The molecule has 7 aromatic rings. The number of anilines is 6. The molecule has 8 fully saturated rings. The Kier molecular flexibility index (Phi) is 7.85. The van der Waals surface area contributed by atoms with Crippen LogP contribution in [0, 0.1) is 35.5 Å². The third-order valence-corrected chi connectivity index (χ3v) is 19.0. The van der Waals surface area contributed by atoms with Crippen LogP contribution in [0.1, 0.15) is 110 Å². The number of rotatable bonds is 4. The minimum atomic E-state index is 0.224. The first kappa shape index (κ1) is 36.9. The van der Waals surface area contributed by atoms with Crippen LogP contribution in [0.2, 0.25) is 0 Å². The molecule has 0 aromatic heterocycles. The molecule has 318 valence electrons. The third-order valence-electron chi connectivity index (χ3n) is 19.0. The summed E-state index contributed by atoms with van der Waals surface area (Å²) < 4.78 is 0. The van der Waals surface area contributed by atoms with E-state index in [1.165, 1.54) is 133 Å². The van der Waals surface area contributed by atoms with E-state index in [1.54, 1.807) is 32.7 Å². The second-order valence-electron chi connectivity index (χ2n) is 22.8. The molecule has 8 saturated carbocycles. The van der Waals surface area contributed by atoms with Gasteiger partial charge in [0.25, 0.3) is 0 Å².